The van der Waals surface area contributed by atoms with E-state index in [2.05, 4.69) is 280 Å². The number of hydrogen-bond acceptors (Lipinski definition) is 3. The largest absolute Gasteiger partial charge is 0.457 e. The Morgan fingerprint density at radius 1 is 0.472 bits per heavy atom. The number of imidazole rings is 1. The maximum Gasteiger partial charge on any atom is 0.255 e. The SMILES string of the molecule is CC(C)(C)c1cc(-c2cc(C(C)(C)C)cc(-c3ccccc3)c2-[n+]2cn(-c3cccc(Oc4ccc5c(c4)N(c4cc(C(C)(C)C)ccn4)c4ccccc4[Si]5(C)C)c3)c3ccccc32)cc(C(C)(C)C)c1. The average Bonchev–Trinajstić information content (AvgIpc) is 3.72. The third-order valence-electron chi connectivity index (χ3n) is 14.8. The zero-order chi connectivity index (χ0) is 51.1. The Kier molecular flexibility index (Phi) is 11.9. The van der Waals surface area contributed by atoms with E-state index < -0.39 is 8.07 Å². The number of hydrogen-bond donors (Lipinski definition) is 0. The highest BCUT2D eigenvalue weighted by molar-refractivity contribution is 7.02. The molecule has 1 aliphatic heterocycles. The molecule has 5 nitrogen and oxygen atoms in total. The standard InChI is InChI=1S/C66H71N4OSi/c1-63(2,3)46-33-34-67-61(40-46)70-57-29-20-21-30-59(57)72(13,14)60-32-31-52(42-58(60)70)71-51-26-22-25-50(41-51)68-43-69(56-28-19-18-27-55(56)68)62-53(44-23-16-15-17-24-44)38-49(66(10,11)12)39-54(62)45-35-47(64(4,5)6)37-48(36-45)65(7,8)9/h15-43H,1-14H3/q+1. The maximum absolute atomic E-state index is 6.95. The van der Waals surface area contributed by atoms with E-state index in [1.165, 1.54) is 60.6 Å². The molecule has 72 heavy (non-hydrogen) atoms. The number of para-hydroxylation sites is 3. The van der Waals surface area contributed by atoms with Crippen LogP contribution in [-0.4, -0.2) is 17.6 Å². The molecule has 0 fully saturated rings. The lowest BCUT2D eigenvalue weighted by molar-refractivity contribution is -0.566. The molecule has 10 rings (SSSR count). The summed E-state index contributed by atoms with van der Waals surface area (Å²) in [5.74, 6) is 2.45. The number of nitrogens with zero attached hydrogens (tertiary/aromatic N) is 4. The fourth-order valence-corrected chi connectivity index (χ4v) is 13.3. The van der Waals surface area contributed by atoms with Gasteiger partial charge in [0.2, 0.25) is 0 Å². The normalized spacial score (nSPS) is 13.8. The van der Waals surface area contributed by atoms with Crippen LogP contribution >= 0.6 is 0 Å². The zero-order valence-corrected chi connectivity index (χ0v) is 45.9. The molecule has 0 spiro atoms. The van der Waals surface area contributed by atoms with Gasteiger partial charge in [-0.25, -0.2) is 4.98 Å². The molecule has 3 heterocycles. The van der Waals surface area contributed by atoms with Crippen LogP contribution in [0, 0.1) is 0 Å². The van der Waals surface area contributed by atoms with E-state index in [4.69, 9.17) is 9.72 Å². The molecule has 0 saturated heterocycles. The minimum Gasteiger partial charge on any atom is -0.457 e. The Morgan fingerprint density at radius 2 is 1.06 bits per heavy atom. The van der Waals surface area contributed by atoms with Gasteiger partial charge in [-0.05, 0) is 126 Å². The third kappa shape index (κ3) is 9.00. The number of ether oxygens (including phenoxy) is 1. The molecule has 7 aromatic carbocycles. The Hall–Kier alpha value is -7.02. The molecule has 0 unspecified atom stereocenters. The van der Waals surface area contributed by atoms with Crippen molar-refractivity contribution in [1.82, 2.24) is 9.55 Å². The monoisotopic (exact) mass is 964 g/mol. The van der Waals surface area contributed by atoms with Gasteiger partial charge in [-0.2, -0.15) is 9.13 Å². The number of benzene rings is 7. The average molecular weight is 964 g/mol. The van der Waals surface area contributed by atoms with Gasteiger partial charge in [-0.15, -0.1) is 0 Å². The molecule has 0 bridgehead atoms. The first-order valence-electron chi connectivity index (χ1n) is 25.7. The summed E-state index contributed by atoms with van der Waals surface area (Å²) in [6.45, 7) is 32.6. The predicted octanol–water partition coefficient (Wildman–Crippen LogP) is 16.2. The van der Waals surface area contributed by atoms with Crippen LogP contribution in [0.25, 0.3) is 44.7 Å². The van der Waals surface area contributed by atoms with E-state index in [0.717, 1.165) is 45.4 Å². The Labute approximate surface area is 429 Å². The van der Waals surface area contributed by atoms with Crippen LogP contribution in [-0.2, 0) is 21.7 Å². The van der Waals surface area contributed by atoms with E-state index >= 15 is 0 Å². The first-order valence-corrected chi connectivity index (χ1v) is 28.7. The van der Waals surface area contributed by atoms with Gasteiger partial charge in [0, 0.05) is 35.1 Å². The Morgan fingerprint density at radius 3 is 1.74 bits per heavy atom. The lowest BCUT2D eigenvalue weighted by atomic mass is 9.77. The van der Waals surface area contributed by atoms with E-state index in [1.54, 1.807) is 0 Å². The molecule has 9 aromatic rings. The van der Waals surface area contributed by atoms with Crippen molar-refractivity contribution in [2.45, 2.75) is 118 Å². The summed E-state index contributed by atoms with van der Waals surface area (Å²) in [5.41, 5.74) is 16.5. The predicted molar refractivity (Wildman–Crippen MR) is 306 cm³/mol. The molecule has 0 amide bonds. The van der Waals surface area contributed by atoms with Crippen LogP contribution in [0.5, 0.6) is 11.5 Å². The molecule has 0 N–H and O–H groups in total. The van der Waals surface area contributed by atoms with E-state index in [9.17, 15) is 0 Å². The van der Waals surface area contributed by atoms with Crippen LogP contribution in [0.4, 0.5) is 17.2 Å². The first kappa shape index (κ1) is 48.6. The number of aromatic nitrogens is 3. The van der Waals surface area contributed by atoms with Gasteiger partial charge in [0.05, 0.1) is 5.69 Å². The molecule has 6 heteroatoms. The Balaban J connectivity index is 1.13. The fourth-order valence-electron chi connectivity index (χ4n) is 10.4. The number of pyridine rings is 1. The van der Waals surface area contributed by atoms with Crippen LogP contribution in [0.3, 0.4) is 0 Å². The van der Waals surface area contributed by atoms with Gasteiger partial charge >= 0.3 is 0 Å². The molecule has 364 valence electrons. The highest BCUT2D eigenvalue weighted by Crippen LogP contribution is 2.44. The van der Waals surface area contributed by atoms with E-state index in [0.29, 0.717) is 0 Å². The van der Waals surface area contributed by atoms with Gasteiger partial charge in [0.1, 0.15) is 36.8 Å². The van der Waals surface area contributed by atoms with Gasteiger partial charge in [0.25, 0.3) is 6.33 Å². The van der Waals surface area contributed by atoms with E-state index in [-0.39, 0.29) is 21.7 Å². The minimum absolute atomic E-state index is 0.0261. The van der Waals surface area contributed by atoms with Crippen molar-refractivity contribution in [3.8, 4) is 45.1 Å². The summed E-state index contributed by atoms with van der Waals surface area (Å²) in [5, 5.41) is 2.76. The molecule has 0 aliphatic carbocycles. The van der Waals surface area contributed by atoms with Crippen molar-refractivity contribution >= 4 is 46.7 Å². The first-order chi connectivity index (χ1) is 34.0. The molecule has 1 aliphatic rings. The zero-order valence-electron chi connectivity index (χ0n) is 44.9. The molecule has 0 saturated carbocycles. The van der Waals surface area contributed by atoms with Crippen molar-refractivity contribution < 1.29 is 9.30 Å². The van der Waals surface area contributed by atoms with Crippen molar-refractivity contribution in [2.75, 3.05) is 4.90 Å². The summed E-state index contributed by atoms with van der Waals surface area (Å²) in [4.78, 5) is 7.36. The van der Waals surface area contributed by atoms with Gasteiger partial charge in [-0.1, -0.05) is 187 Å². The molecule has 0 atom stereocenters. The van der Waals surface area contributed by atoms with Crippen LogP contribution in [0.2, 0.25) is 13.1 Å². The second kappa shape index (κ2) is 17.6. The third-order valence-corrected chi connectivity index (χ3v) is 18.3. The van der Waals surface area contributed by atoms with Gasteiger partial charge < -0.3 is 4.74 Å². The topological polar surface area (TPSA) is 34.2 Å². The molecular formula is C66H71N4OSi+. The second-order valence-electron chi connectivity index (χ2n) is 24.6. The van der Waals surface area contributed by atoms with E-state index in [1.807, 2.05) is 6.20 Å². The summed E-state index contributed by atoms with van der Waals surface area (Å²) >= 11 is 0. The van der Waals surface area contributed by atoms with Crippen LogP contribution in [0.15, 0.2) is 176 Å². The number of rotatable bonds is 7. The smallest absolute Gasteiger partial charge is 0.255 e. The van der Waals surface area contributed by atoms with Crippen molar-refractivity contribution in [1.29, 1.82) is 0 Å². The van der Waals surface area contributed by atoms with Crippen molar-refractivity contribution in [3.63, 3.8) is 0 Å². The second-order valence-corrected chi connectivity index (χ2v) is 28.9. The number of anilines is 3. The van der Waals surface area contributed by atoms with Crippen molar-refractivity contribution in [3.05, 3.63) is 199 Å². The summed E-state index contributed by atoms with van der Waals surface area (Å²) in [6, 6.07) is 60.4. The quantitative estimate of drug-likeness (QED) is 0.118. The number of fused-ring (bicyclic) bond motifs is 3. The molecule has 0 radical (unpaired) electrons. The minimum atomic E-state index is -2.09. The summed E-state index contributed by atoms with van der Waals surface area (Å²) < 4.78 is 11.7. The van der Waals surface area contributed by atoms with Gasteiger partial charge in [0.15, 0.2) is 11.0 Å². The van der Waals surface area contributed by atoms with Crippen LogP contribution in [0.1, 0.15) is 105 Å². The molecule has 2 aromatic heterocycles. The summed E-state index contributed by atoms with van der Waals surface area (Å²) in [6.07, 6.45) is 4.23. The highest BCUT2D eigenvalue weighted by atomic mass is 28.3. The maximum atomic E-state index is 6.95. The lowest BCUT2D eigenvalue weighted by Crippen LogP contribution is -2.58. The van der Waals surface area contributed by atoms with Gasteiger partial charge in [-0.3, -0.25) is 4.90 Å². The van der Waals surface area contributed by atoms with Crippen molar-refractivity contribution in [2.24, 2.45) is 0 Å². The summed E-state index contributed by atoms with van der Waals surface area (Å²) in [7, 11) is -2.09. The lowest BCUT2D eigenvalue weighted by Gasteiger charge is -2.40. The van der Waals surface area contributed by atoms with Crippen LogP contribution < -0.4 is 24.6 Å². The highest BCUT2D eigenvalue weighted by Gasteiger charge is 2.39. The Bertz CT molecular complexity index is 3490. The molecular weight excluding hydrogens is 893 g/mol. The fraction of sp³-hybridized carbons (Fsp3) is 0.273.